The summed E-state index contributed by atoms with van der Waals surface area (Å²) in [5.74, 6) is 0.401. The molecule has 0 fully saturated rings. The van der Waals surface area contributed by atoms with Crippen molar-refractivity contribution in [1.29, 1.82) is 0 Å². The first-order valence-corrected chi connectivity index (χ1v) is 7.39. The Bertz CT molecular complexity index is 417. The minimum atomic E-state index is -2.23. The lowest BCUT2D eigenvalue weighted by molar-refractivity contribution is 0.583. The molecule has 0 amide bonds. The molecule has 1 aromatic carbocycles. The van der Waals surface area contributed by atoms with Crippen LogP contribution in [0.5, 0.6) is 0 Å². The molecular weight excluding hydrogens is 203 g/mol. The molecule has 0 aliphatic carbocycles. The molecular formula is C13H17OP. The third-order valence-corrected chi connectivity index (χ3v) is 6.53. The zero-order valence-electron chi connectivity index (χ0n) is 9.31. The van der Waals surface area contributed by atoms with Crippen LogP contribution in [0, 0.1) is 5.92 Å². The van der Waals surface area contributed by atoms with Crippen LogP contribution < -0.4 is 5.30 Å². The van der Waals surface area contributed by atoms with Gasteiger partial charge < -0.3 is 4.57 Å². The predicted molar refractivity (Wildman–Crippen MR) is 66.1 cm³/mol. The highest BCUT2D eigenvalue weighted by molar-refractivity contribution is 7.75. The van der Waals surface area contributed by atoms with E-state index in [0.717, 1.165) is 17.9 Å². The van der Waals surface area contributed by atoms with Crippen LogP contribution in [0.3, 0.4) is 0 Å². The molecule has 2 rings (SSSR count). The number of hydrogen-bond acceptors (Lipinski definition) is 1. The van der Waals surface area contributed by atoms with Crippen LogP contribution in [0.4, 0.5) is 0 Å². The molecule has 0 spiro atoms. The summed E-state index contributed by atoms with van der Waals surface area (Å²) in [6, 6.07) is 9.94. The second-order valence-electron chi connectivity index (χ2n) is 4.37. The van der Waals surface area contributed by atoms with E-state index in [9.17, 15) is 4.57 Å². The van der Waals surface area contributed by atoms with Crippen molar-refractivity contribution in [2.45, 2.75) is 20.3 Å². The molecule has 0 saturated carbocycles. The Balaban J connectivity index is 2.45. The van der Waals surface area contributed by atoms with E-state index in [1.165, 1.54) is 5.31 Å². The normalized spacial score (nSPS) is 25.7. The van der Waals surface area contributed by atoms with E-state index in [-0.39, 0.29) is 0 Å². The van der Waals surface area contributed by atoms with Crippen molar-refractivity contribution in [1.82, 2.24) is 0 Å². The van der Waals surface area contributed by atoms with Gasteiger partial charge in [-0.2, -0.15) is 0 Å². The van der Waals surface area contributed by atoms with Crippen molar-refractivity contribution >= 4 is 12.4 Å². The first kappa shape index (κ1) is 10.7. The van der Waals surface area contributed by atoms with Gasteiger partial charge in [0.2, 0.25) is 0 Å². The summed E-state index contributed by atoms with van der Waals surface area (Å²) in [6.45, 7) is 4.26. The minimum absolute atomic E-state index is 0.401. The van der Waals surface area contributed by atoms with E-state index in [1.54, 1.807) is 0 Å². The molecule has 0 saturated heterocycles. The quantitative estimate of drug-likeness (QED) is 0.696. The van der Waals surface area contributed by atoms with Gasteiger partial charge in [-0.25, -0.2) is 0 Å². The van der Waals surface area contributed by atoms with Crippen LogP contribution >= 0.6 is 7.14 Å². The van der Waals surface area contributed by atoms with Crippen molar-refractivity contribution < 1.29 is 4.57 Å². The SMILES string of the molecule is CC(C)C1=CCC[P@]1(=O)c1ccccc1. The van der Waals surface area contributed by atoms with Gasteiger partial charge >= 0.3 is 0 Å². The maximum atomic E-state index is 12.9. The molecule has 1 heterocycles. The van der Waals surface area contributed by atoms with E-state index in [2.05, 4.69) is 19.9 Å². The molecule has 1 aliphatic rings. The van der Waals surface area contributed by atoms with Gasteiger partial charge in [-0.15, -0.1) is 0 Å². The molecule has 1 aliphatic heterocycles. The fourth-order valence-corrected chi connectivity index (χ4v) is 5.49. The Morgan fingerprint density at radius 3 is 2.47 bits per heavy atom. The smallest absolute Gasteiger partial charge is 0.139 e. The maximum absolute atomic E-state index is 12.9. The summed E-state index contributed by atoms with van der Waals surface area (Å²) < 4.78 is 12.9. The van der Waals surface area contributed by atoms with Gasteiger partial charge in [0.15, 0.2) is 0 Å². The number of rotatable bonds is 2. The Hall–Kier alpha value is -0.810. The molecule has 1 atom stereocenters. The van der Waals surface area contributed by atoms with Gasteiger partial charge in [-0.05, 0) is 17.7 Å². The summed E-state index contributed by atoms with van der Waals surface area (Å²) >= 11 is 0. The zero-order valence-corrected chi connectivity index (χ0v) is 10.2. The Morgan fingerprint density at radius 2 is 1.87 bits per heavy atom. The lowest BCUT2D eigenvalue weighted by atomic mass is 10.2. The molecule has 0 N–H and O–H groups in total. The predicted octanol–water partition coefficient (Wildman–Crippen LogP) is 3.62. The largest absolute Gasteiger partial charge is 0.314 e. The van der Waals surface area contributed by atoms with E-state index < -0.39 is 7.14 Å². The maximum Gasteiger partial charge on any atom is 0.139 e. The van der Waals surface area contributed by atoms with Gasteiger partial charge in [-0.1, -0.05) is 50.3 Å². The van der Waals surface area contributed by atoms with Crippen LogP contribution in [0.15, 0.2) is 41.7 Å². The van der Waals surface area contributed by atoms with Crippen molar-refractivity contribution in [3.63, 3.8) is 0 Å². The van der Waals surface area contributed by atoms with Gasteiger partial charge in [0.05, 0.1) is 0 Å². The lowest BCUT2D eigenvalue weighted by Crippen LogP contribution is -2.08. The second-order valence-corrected chi connectivity index (χ2v) is 7.33. The van der Waals surface area contributed by atoms with Crippen molar-refractivity contribution in [2.24, 2.45) is 5.92 Å². The van der Waals surface area contributed by atoms with E-state index in [1.807, 2.05) is 30.3 Å². The zero-order chi connectivity index (χ0) is 10.9. The van der Waals surface area contributed by atoms with E-state index >= 15 is 0 Å². The molecule has 0 aromatic heterocycles. The first-order valence-electron chi connectivity index (χ1n) is 5.50. The van der Waals surface area contributed by atoms with Crippen LogP contribution in [-0.2, 0) is 4.57 Å². The van der Waals surface area contributed by atoms with Crippen LogP contribution in [0.2, 0.25) is 0 Å². The molecule has 2 heteroatoms. The molecule has 0 radical (unpaired) electrons. The summed E-state index contributed by atoms with van der Waals surface area (Å²) in [5.41, 5.74) is 0. The van der Waals surface area contributed by atoms with Gasteiger partial charge in [-0.3, -0.25) is 0 Å². The average molecular weight is 220 g/mol. The van der Waals surface area contributed by atoms with E-state index in [4.69, 9.17) is 0 Å². The first-order chi connectivity index (χ1) is 7.14. The van der Waals surface area contributed by atoms with Crippen molar-refractivity contribution in [3.05, 3.63) is 41.7 Å². The number of hydrogen-bond donors (Lipinski definition) is 0. The number of benzene rings is 1. The lowest BCUT2D eigenvalue weighted by Gasteiger charge is -2.19. The summed E-state index contributed by atoms with van der Waals surface area (Å²) in [7, 11) is -2.23. The summed E-state index contributed by atoms with van der Waals surface area (Å²) in [4.78, 5) is 0. The van der Waals surface area contributed by atoms with Gasteiger partial charge in [0, 0.05) is 11.5 Å². The monoisotopic (exact) mass is 220 g/mol. The molecule has 0 bridgehead atoms. The topological polar surface area (TPSA) is 17.1 Å². The summed E-state index contributed by atoms with van der Waals surface area (Å²) in [5, 5.41) is 2.20. The van der Waals surface area contributed by atoms with Gasteiger partial charge in [0.1, 0.15) is 7.14 Å². The highest BCUT2D eigenvalue weighted by Crippen LogP contribution is 2.59. The van der Waals surface area contributed by atoms with Crippen molar-refractivity contribution in [2.75, 3.05) is 6.16 Å². The highest BCUT2D eigenvalue weighted by atomic mass is 31.2. The van der Waals surface area contributed by atoms with Crippen LogP contribution in [0.1, 0.15) is 20.3 Å². The molecule has 15 heavy (non-hydrogen) atoms. The number of allylic oxidation sites excluding steroid dienone is 2. The highest BCUT2D eigenvalue weighted by Gasteiger charge is 2.33. The van der Waals surface area contributed by atoms with E-state index in [0.29, 0.717) is 5.92 Å². The molecule has 0 unspecified atom stereocenters. The Morgan fingerprint density at radius 1 is 1.20 bits per heavy atom. The molecule has 1 nitrogen and oxygen atoms in total. The standard InChI is InChI=1S/C13H17OP/c1-11(2)13-9-6-10-15(13,14)12-7-4-3-5-8-12/h3-5,7-9,11H,6,10H2,1-2H3/t15-/m0/s1. The van der Waals surface area contributed by atoms with Crippen molar-refractivity contribution in [3.8, 4) is 0 Å². The van der Waals surface area contributed by atoms with Gasteiger partial charge in [0.25, 0.3) is 0 Å². The Kier molecular flexibility index (Phi) is 2.84. The third kappa shape index (κ3) is 1.81. The van der Waals surface area contributed by atoms with Crippen LogP contribution in [0.25, 0.3) is 0 Å². The average Bonchev–Trinajstić information content (AvgIpc) is 2.63. The Labute approximate surface area is 91.6 Å². The third-order valence-electron chi connectivity index (χ3n) is 2.98. The summed E-state index contributed by atoms with van der Waals surface area (Å²) in [6.07, 6.45) is 3.97. The van der Waals surface area contributed by atoms with Crippen LogP contribution in [-0.4, -0.2) is 6.16 Å². The fourth-order valence-electron chi connectivity index (χ4n) is 2.27. The fraction of sp³-hybridized carbons (Fsp3) is 0.385. The molecule has 80 valence electrons. The minimum Gasteiger partial charge on any atom is -0.314 e. The molecule has 1 aromatic rings. The second kappa shape index (κ2) is 3.98.